The lowest BCUT2D eigenvalue weighted by atomic mass is 9.95. The van der Waals surface area contributed by atoms with Crippen LogP contribution >= 0.6 is 11.8 Å². The van der Waals surface area contributed by atoms with Gasteiger partial charge in [-0.25, -0.2) is 4.98 Å². The molecule has 0 saturated heterocycles. The Balaban J connectivity index is 1.61. The molecule has 122 valence electrons. The number of amides is 1. The molecule has 2 aliphatic rings. The van der Waals surface area contributed by atoms with Crippen molar-refractivity contribution in [1.82, 2.24) is 14.9 Å². The van der Waals surface area contributed by atoms with Gasteiger partial charge in [0.25, 0.3) is 0 Å². The zero-order chi connectivity index (χ0) is 15.5. The summed E-state index contributed by atoms with van der Waals surface area (Å²) in [5.74, 6) is 1.36. The van der Waals surface area contributed by atoms with Crippen molar-refractivity contribution < 1.29 is 4.79 Å². The second-order valence-electron chi connectivity index (χ2n) is 6.76. The van der Waals surface area contributed by atoms with Crippen molar-refractivity contribution in [2.45, 2.75) is 70.0 Å². The molecule has 0 aliphatic heterocycles. The zero-order valence-electron chi connectivity index (χ0n) is 13.7. The van der Waals surface area contributed by atoms with Crippen LogP contribution in [0.25, 0.3) is 0 Å². The summed E-state index contributed by atoms with van der Waals surface area (Å²) in [6.45, 7) is 5.09. The quantitative estimate of drug-likeness (QED) is 0.814. The van der Waals surface area contributed by atoms with E-state index in [0.29, 0.717) is 11.8 Å². The fraction of sp³-hybridized carbons (Fsp3) is 0.765. The Morgan fingerprint density at radius 3 is 2.64 bits per heavy atom. The fourth-order valence-corrected chi connectivity index (χ4v) is 4.22. The SMILES string of the molecule is Cc1nc(SCC(=O)NCC2CC2)n(C2CCCCC2)c1C. The normalized spacial score (nSPS) is 19.4. The van der Waals surface area contributed by atoms with Crippen LogP contribution in [0.2, 0.25) is 0 Å². The average Bonchev–Trinajstić information content (AvgIpc) is 3.31. The Kier molecular flexibility index (Phi) is 5.11. The van der Waals surface area contributed by atoms with Crippen LogP contribution in [0.4, 0.5) is 0 Å². The second-order valence-corrected chi connectivity index (χ2v) is 7.71. The lowest BCUT2D eigenvalue weighted by molar-refractivity contribution is -0.118. The number of nitrogens with one attached hydrogen (secondary N) is 1. The monoisotopic (exact) mass is 321 g/mol. The Morgan fingerprint density at radius 1 is 1.23 bits per heavy atom. The zero-order valence-corrected chi connectivity index (χ0v) is 14.5. The topological polar surface area (TPSA) is 46.9 Å². The van der Waals surface area contributed by atoms with Gasteiger partial charge in [-0.1, -0.05) is 31.0 Å². The van der Waals surface area contributed by atoms with E-state index in [1.54, 1.807) is 11.8 Å². The number of hydrogen-bond acceptors (Lipinski definition) is 3. The minimum absolute atomic E-state index is 0.144. The maximum atomic E-state index is 12.0. The van der Waals surface area contributed by atoms with Crippen molar-refractivity contribution in [3.05, 3.63) is 11.4 Å². The van der Waals surface area contributed by atoms with Crippen molar-refractivity contribution in [2.75, 3.05) is 12.3 Å². The molecule has 1 amide bonds. The standard InChI is InChI=1S/C17H27N3OS/c1-12-13(2)20(15-6-4-3-5-7-15)17(19-12)22-11-16(21)18-10-14-8-9-14/h14-15H,3-11H2,1-2H3,(H,18,21). The molecule has 2 fully saturated rings. The van der Waals surface area contributed by atoms with E-state index < -0.39 is 0 Å². The van der Waals surface area contributed by atoms with Crippen molar-refractivity contribution in [3.8, 4) is 0 Å². The predicted octanol–water partition coefficient (Wildman–Crippen LogP) is 3.62. The molecule has 0 radical (unpaired) electrons. The first-order valence-corrected chi connectivity index (χ1v) is 9.58. The number of thioether (sulfide) groups is 1. The van der Waals surface area contributed by atoms with E-state index in [0.717, 1.165) is 23.3 Å². The smallest absolute Gasteiger partial charge is 0.230 e. The van der Waals surface area contributed by atoms with Gasteiger partial charge >= 0.3 is 0 Å². The summed E-state index contributed by atoms with van der Waals surface area (Å²) in [7, 11) is 0. The van der Waals surface area contributed by atoms with Gasteiger partial charge in [-0.05, 0) is 45.4 Å². The summed E-state index contributed by atoms with van der Waals surface area (Å²) in [6.07, 6.45) is 9.03. The fourth-order valence-electron chi connectivity index (χ4n) is 3.23. The van der Waals surface area contributed by atoms with Gasteiger partial charge in [-0.15, -0.1) is 0 Å². The summed E-state index contributed by atoms with van der Waals surface area (Å²) in [5.41, 5.74) is 2.37. The molecule has 1 aromatic heterocycles. The summed E-state index contributed by atoms with van der Waals surface area (Å²) in [4.78, 5) is 16.7. The molecule has 2 aliphatic carbocycles. The minimum Gasteiger partial charge on any atom is -0.355 e. The average molecular weight is 321 g/mol. The highest BCUT2D eigenvalue weighted by molar-refractivity contribution is 7.99. The molecule has 0 aromatic carbocycles. The summed E-state index contributed by atoms with van der Waals surface area (Å²) < 4.78 is 2.40. The summed E-state index contributed by atoms with van der Waals surface area (Å²) >= 11 is 1.60. The Bertz CT molecular complexity index is 530. The van der Waals surface area contributed by atoms with Crippen molar-refractivity contribution in [1.29, 1.82) is 0 Å². The number of aryl methyl sites for hydroxylation is 1. The molecule has 1 N–H and O–H groups in total. The Labute approximate surface area is 137 Å². The highest BCUT2D eigenvalue weighted by Gasteiger charge is 2.23. The molecule has 0 spiro atoms. The third kappa shape index (κ3) is 3.86. The molecular weight excluding hydrogens is 294 g/mol. The highest BCUT2D eigenvalue weighted by atomic mass is 32.2. The van der Waals surface area contributed by atoms with Gasteiger partial charge in [0.2, 0.25) is 5.91 Å². The van der Waals surface area contributed by atoms with E-state index in [2.05, 4.69) is 23.7 Å². The molecule has 5 heteroatoms. The van der Waals surface area contributed by atoms with Gasteiger partial charge in [0, 0.05) is 18.3 Å². The van der Waals surface area contributed by atoms with Gasteiger partial charge in [-0.2, -0.15) is 0 Å². The van der Waals surface area contributed by atoms with Crippen LogP contribution in [0.5, 0.6) is 0 Å². The van der Waals surface area contributed by atoms with Crippen LogP contribution in [0.3, 0.4) is 0 Å². The van der Waals surface area contributed by atoms with Crippen LogP contribution in [0.1, 0.15) is 62.4 Å². The van der Waals surface area contributed by atoms with Crippen LogP contribution in [-0.4, -0.2) is 27.8 Å². The van der Waals surface area contributed by atoms with E-state index in [4.69, 9.17) is 4.98 Å². The molecule has 3 rings (SSSR count). The molecule has 0 bridgehead atoms. The predicted molar refractivity (Wildman–Crippen MR) is 90.3 cm³/mol. The van der Waals surface area contributed by atoms with Gasteiger partial charge < -0.3 is 9.88 Å². The van der Waals surface area contributed by atoms with Crippen LogP contribution in [0, 0.1) is 19.8 Å². The number of rotatable bonds is 6. The number of aromatic nitrogens is 2. The third-order valence-electron chi connectivity index (χ3n) is 4.91. The van der Waals surface area contributed by atoms with Gasteiger partial charge in [0.15, 0.2) is 5.16 Å². The highest BCUT2D eigenvalue weighted by Crippen LogP contribution is 2.34. The Hall–Kier alpha value is -0.970. The van der Waals surface area contributed by atoms with Crippen molar-refractivity contribution >= 4 is 17.7 Å². The number of carbonyl (C=O) groups excluding carboxylic acids is 1. The molecule has 1 aromatic rings. The maximum absolute atomic E-state index is 12.0. The van der Waals surface area contributed by atoms with Gasteiger partial charge in [0.1, 0.15) is 0 Å². The van der Waals surface area contributed by atoms with Crippen LogP contribution in [0.15, 0.2) is 5.16 Å². The summed E-state index contributed by atoms with van der Waals surface area (Å²) in [5, 5.41) is 4.07. The first-order chi connectivity index (χ1) is 10.6. The third-order valence-corrected chi connectivity index (χ3v) is 5.86. The van der Waals surface area contributed by atoms with Crippen molar-refractivity contribution in [2.24, 2.45) is 5.92 Å². The second kappa shape index (κ2) is 7.07. The molecule has 0 unspecified atom stereocenters. The largest absolute Gasteiger partial charge is 0.355 e. The molecule has 2 saturated carbocycles. The maximum Gasteiger partial charge on any atom is 0.230 e. The number of nitrogens with zero attached hydrogens (tertiary/aromatic N) is 2. The van der Waals surface area contributed by atoms with Crippen LogP contribution < -0.4 is 5.32 Å². The van der Waals surface area contributed by atoms with E-state index in [1.807, 2.05) is 0 Å². The van der Waals surface area contributed by atoms with E-state index >= 15 is 0 Å². The minimum atomic E-state index is 0.144. The summed E-state index contributed by atoms with van der Waals surface area (Å²) in [6, 6.07) is 0.576. The van der Waals surface area contributed by atoms with Crippen molar-refractivity contribution in [3.63, 3.8) is 0 Å². The lowest BCUT2D eigenvalue weighted by Crippen LogP contribution is -2.27. The van der Waals surface area contributed by atoms with Gasteiger partial charge in [0.05, 0.1) is 11.4 Å². The molecule has 4 nitrogen and oxygen atoms in total. The first kappa shape index (κ1) is 15.9. The molecule has 22 heavy (non-hydrogen) atoms. The van der Waals surface area contributed by atoms with E-state index in [1.165, 1.54) is 50.6 Å². The Morgan fingerprint density at radius 2 is 1.95 bits per heavy atom. The van der Waals surface area contributed by atoms with E-state index in [9.17, 15) is 4.79 Å². The molecular formula is C17H27N3OS. The number of hydrogen-bond donors (Lipinski definition) is 1. The number of imidazole rings is 1. The molecule has 1 heterocycles. The first-order valence-electron chi connectivity index (χ1n) is 8.60. The van der Waals surface area contributed by atoms with Gasteiger partial charge in [-0.3, -0.25) is 4.79 Å². The number of carbonyl (C=O) groups is 1. The van der Waals surface area contributed by atoms with E-state index in [-0.39, 0.29) is 5.91 Å². The molecule has 0 atom stereocenters. The van der Waals surface area contributed by atoms with Crippen LogP contribution in [-0.2, 0) is 4.79 Å². The lowest BCUT2D eigenvalue weighted by Gasteiger charge is -2.26.